The van der Waals surface area contributed by atoms with Gasteiger partial charge in [-0.05, 0) is 29.8 Å². The number of hydrogen-bond acceptors (Lipinski definition) is 5. The Labute approximate surface area is 153 Å². The van der Waals surface area contributed by atoms with E-state index in [0.717, 1.165) is 11.3 Å². The molecule has 0 spiro atoms. The Morgan fingerprint density at radius 1 is 1.35 bits per heavy atom. The number of thiazole rings is 1. The summed E-state index contributed by atoms with van der Waals surface area (Å²) in [6, 6.07) is 12.2. The van der Waals surface area contributed by atoms with Crippen molar-refractivity contribution in [3.05, 3.63) is 59.2 Å². The Balaban J connectivity index is 1.46. The number of benzene rings is 2. The average Bonchev–Trinajstić information content (AvgIpc) is 3.28. The van der Waals surface area contributed by atoms with Crippen LogP contribution in [0.4, 0.5) is 9.52 Å². The molecule has 2 aromatic carbocycles. The molecular weight excluding hydrogens is 355 g/mol. The Morgan fingerprint density at radius 3 is 2.96 bits per heavy atom. The van der Waals surface area contributed by atoms with Crippen molar-refractivity contribution >= 4 is 22.4 Å². The second-order valence-electron chi connectivity index (χ2n) is 5.79. The minimum atomic E-state index is -0.571. The van der Waals surface area contributed by atoms with E-state index in [-0.39, 0.29) is 11.7 Å². The molecule has 0 fully saturated rings. The van der Waals surface area contributed by atoms with Crippen LogP contribution in [0, 0.1) is 5.82 Å². The van der Waals surface area contributed by atoms with Crippen LogP contribution in [0.2, 0.25) is 0 Å². The van der Waals surface area contributed by atoms with Gasteiger partial charge >= 0.3 is 0 Å². The second kappa shape index (κ2) is 6.76. The summed E-state index contributed by atoms with van der Waals surface area (Å²) < 4.78 is 24.4. The molecule has 7 heteroatoms. The molecule has 1 atom stereocenters. The maximum Gasteiger partial charge on any atom is 0.267 e. The van der Waals surface area contributed by atoms with E-state index in [1.54, 1.807) is 17.5 Å². The van der Waals surface area contributed by atoms with Crippen molar-refractivity contribution < 1.29 is 18.7 Å². The van der Waals surface area contributed by atoms with Crippen molar-refractivity contribution in [1.29, 1.82) is 0 Å². The predicted octanol–water partition coefficient (Wildman–Crippen LogP) is 3.90. The molecule has 2 heterocycles. The van der Waals surface area contributed by atoms with Gasteiger partial charge < -0.3 is 9.47 Å². The standard InChI is InChI=1S/C19H15FN2O3S/c1-24-16-7-6-11(8-13(16)20)14-10-26-19(21-14)22-18(23)17-9-12-4-2-3-5-15(12)25-17/h2-8,10,17H,9H2,1H3,(H,21,22,23). The summed E-state index contributed by atoms with van der Waals surface area (Å²) in [6.45, 7) is 0. The molecule has 132 valence electrons. The summed E-state index contributed by atoms with van der Waals surface area (Å²) >= 11 is 1.28. The first-order chi connectivity index (χ1) is 12.6. The van der Waals surface area contributed by atoms with Gasteiger partial charge in [-0.3, -0.25) is 10.1 Å². The molecule has 3 aromatic rings. The molecule has 0 saturated carbocycles. The molecule has 26 heavy (non-hydrogen) atoms. The van der Waals surface area contributed by atoms with Gasteiger partial charge in [0.05, 0.1) is 12.8 Å². The number of nitrogens with one attached hydrogen (secondary N) is 1. The lowest BCUT2D eigenvalue weighted by molar-refractivity contribution is -0.122. The molecule has 1 aliphatic rings. The van der Waals surface area contributed by atoms with E-state index < -0.39 is 11.9 Å². The smallest absolute Gasteiger partial charge is 0.267 e. The second-order valence-corrected chi connectivity index (χ2v) is 6.65. The maximum atomic E-state index is 13.9. The Bertz CT molecular complexity index is 948. The minimum Gasteiger partial charge on any atom is -0.494 e. The van der Waals surface area contributed by atoms with Gasteiger partial charge in [-0.15, -0.1) is 11.3 Å². The van der Waals surface area contributed by atoms with E-state index in [9.17, 15) is 9.18 Å². The molecule has 5 nitrogen and oxygen atoms in total. The third-order valence-electron chi connectivity index (χ3n) is 4.12. The van der Waals surface area contributed by atoms with E-state index in [4.69, 9.17) is 9.47 Å². The molecular formula is C19H15FN2O3S. The fraction of sp³-hybridized carbons (Fsp3) is 0.158. The van der Waals surface area contributed by atoms with E-state index in [1.165, 1.54) is 24.5 Å². The van der Waals surface area contributed by atoms with Crippen LogP contribution in [0.1, 0.15) is 5.56 Å². The summed E-state index contributed by atoms with van der Waals surface area (Å²) in [7, 11) is 1.41. The maximum absolute atomic E-state index is 13.9. The highest BCUT2D eigenvalue weighted by Gasteiger charge is 2.29. The lowest BCUT2D eigenvalue weighted by Crippen LogP contribution is -2.31. The van der Waals surface area contributed by atoms with Gasteiger partial charge in [0.1, 0.15) is 5.75 Å². The van der Waals surface area contributed by atoms with E-state index in [1.807, 2.05) is 24.3 Å². The number of carbonyl (C=O) groups excluding carboxylic acids is 1. The zero-order valence-corrected chi connectivity index (χ0v) is 14.7. The molecule has 0 aliphatic carbocycles. The summed E-state index contributed by atoms with van der Waals surface area (Å²) in [6.07, 6.45) is -0.0395. The molecule has 0 bridgehead atoms. The highest BCUT2D eigenvalue weighted by Crippen LogP contribution is 2.31. The van der Waals surface area contributed by atoms with Crippen LogP contribution >= 0.6 is 11.3 Å². The van der Waals surface area contributed by atoms with Gasteiger partial charge in [0.25, 0.3) is 5.91 Å². The molecule has 1 amide bonds. The Morgan fingerprint density at radius 2 is 2.19 bits per heavy atom. The highest BCUT2D eigenvalue weighted by atomic mass is 32.1. The van der Waals surface area contributed by atoms with Gasteiger partial charge in [0, 0.05) is 17.4 Å². The number of hydrogen-bond donors (Lipinski definition) is 1. The van der Waals surface area contributed by atoms with Crippen LogP contribution in [-0.4, -0.2) is 24.1 Å². The van der Waals surface area contributed by atoms with Gasteiger partial charge in [-0.1, -0.05) is 18.2 Å². The van der Waals surface area contributed by atoms with Crippen molar-refractivity contribution in [3.8, 4) is 22.8 Å². The number of para-hydroxylation sites is 1. The van der Waals surface area contributed by atoms with Crippen molar-refractivity contribution in [3.63, 3.8) is 0 Å². The normalized spacial score (nSPS) is 15.2. The SMILES string of the molecule is COc1ccc(-c2csc(NC(=O)C3Cc4ccccc4O3)n2)cc1F. The lowest BCUT2D eigenvalue weighted by Gasteiger charge is -2.09. The highest BCUT2D eigenvalue weighted by molar-refractivity contribution is 7.14. The fourth-order valence-electron chi connectivity index (χ4n) is 2.80. The van der Waals surface area contributed by atoms with Crippen LogP contribution < -0.4 is 14.8 Å². The average molecular weight is 370 g/mol. The topological polar surface area (TPSA) is 60.5 Å². The number of rotatable bonds is 4. The quantitative estimate of drug-likeness (QED) is 0.757. The van der Waals surface area contributed by atoms with Crippen molar-refractivity contribution in [2.75, 3.05) is 12.4 Å². The molecule has 4 rings (SSSR count). The van der Waals surface area contributed by atoms with E-state index in [2.05, 4.69) is 10.3 Å². The summed E-state index contributed by atoms with van der Waals surface area (Å²) in [5.41, 5.74) is 2.22. The Kier molecular flexibility index (Phi) is 4.30. The van der Waals surface area contributed by atoms with Crippen molar-refractivity contribution in [1.82, 2.24) is 4.98 Å². The molecule has 1 aromatic heterocycles. The van der Waals surface area contributed by atoms with Crippen LogP contribution in [0.15, 0.2) is 47.8 Å². The number of amides is 1. The third-order valence-corrected chi connectivity index (χ3v) is 4.88. The van der Waals surface area contributed by atoms with Crippen LogP contribution in [0.5, 0.6) is 11.5 Å². The molecule has 1 aliphatic heterocycles. The molecule has 0 radical (unpaired) electrons. The monoisotopic (exact) mass is 370 g/mol. The van der Waals surface area contributed by atoms with Crippen LogP contribution in [0.3, 0.4) is 0 Å². The number of halogens is 1. The van der Waals surface area contributed by atoms with E-state index in [0.29, 0.717) is 22.8 Å². The lowest BCUT2D eigenvalue weighted by atomic mass is 10.1. The predicted molar refractivity (Wildman–Crippen MR) is 97.3 cm³/mol. The molecule has 0 saturated heterocycles. The van der Waals surface area contributed by atoms with Crippen LogP contribution in [0.25, 0.3) is 11.3 Å². The summed E-state index contributed by atoms with van der Waals surface area (Å²) in [4.78, 5) is 16.8. The molecule has 1 unspecified atom stereocenters. The summed E-state index contributed by atoms with van der Waals surface area (Å²) in [5.74, 6) is 0.209. The van der Waals surface area contributed by atoms with Gasteiger partial charge in [-0.2, -0.15) is 0 Å². The molecule has 1 N–H and O–H groups in total. The fourth-order valence-corrected chi connectivity index (χ4v) is 3.53. The van der Waals surface area contributed by atoms with Crippen molar-refractivity contribution in [2.24, 2.45) is 0 Å². The first kappa shape index (κ1) is 16.5. The van der Waals surface area contributed by atoms with E-state index >= 15 is 0 Å². The zero-order valence-electron chi connectivity index (χ0n) is 13.9. The van der Waals surface area contributed by atoms with Crippen molar-refractivity contribution in [2.45, 2.75) is 12.5 Å². The number of carbonyl (C=O) groups is 1. The summed E-state index contributed by atoms with van der Waals surface area (Å²) in [5, 5.41) is 4.98. The number of methoxy groups -OCH3 is 1. The largest absolute Gasteiger partial charge is 0.494 e. The zero-order chi connectivity index (χ0) is 18.1. The van der Waals surface area contributed by atoms with Gasteiger partial charge in [0.15, 0.2) is 22.8 Å². The van der Waals surface area contributed by atoms with Gasteiger partial charge in [0.2, 0.25) is 0 Å². The van der Waals surface area contributed by atoms with Gasteiger partial charge in [-0.25, -0.2) is 9.37 Å². The van der Waals surface area contributed by atoms with Crippen LogP contribution in [-0.2, 0) is 11.2 Å². The third kappa shape index (κ3) is 3.13. The number of ether oxygens (including phenoxy) is 2. The number of nitrogens with zero attached hydrogens (tertiary/aromatic N) is 1. The number of aromatic nitrogens is 1. The number of fused-ring (bicyclic) bond motifs is 1. The Hall–Kier alpha value is -2.93. The first-order valence-electron chi connectivity index (χ1n) is 7.99. The number of anilines is 1. The minimum absolute atomic E-state index is 0.176. The first-order valence-corrected chi connectivity index (χ1v) is 8.87.